The van der Waals surface area contributed by atoms with Gasteiger partial charge >= 0.3 is 0 Å². The van der Waals surface area contributed by atoms with Crippen LogP contribution in [0.3, 0.4) is 0 Å². The van der Waals surface area contributed by atoms with Crippen LogP contribution in [0.1, 0.15) is 16.9 Å². The van der Waals surface area contributed by atoms with Crippen molar-refractivity contribution in [1.29, 1.82) is 0 Å². The van der Waals surface area contributed by atoms with E-state index in [0.29, 0.717) is 23.0 Å². The van der Waals surface area contributed by atoms with Crippen molar-refractivity contribution < 1.29 is 9.53 Å². The van der Waals surface area contributed by atoms with Gasteiger partial charge in [-0.2, -0.15) is 5.10 Å². The number of carbonyl (C=O) groups is 1. The minimum Gasteiger partial charge on any atom is -0.470 e. The first-order valence-corrected chi connectivity index (χ1v) is 7.78. The van der Waals surface area contributed by atoms with E-state index >= 15 is 0 Å². The molecule has 0 aliphatic rings. The summed E-state index contributed by atoms with van der Waals surface area (Å²) in [5.41, 5.74) is 0.460. The van der Waals surface area contributed by atoms with Crippen molar-refractivity contribution >= 4 is 17.5 Å². The molecule has 1 aromatic carbocycles. The Kier molecular flexibility index (Phi) is 6.43. The third kappa shape index (κ3) is 5.26. The van der Waals surface area contributed by atoms with Gasteiger partial charge in [-0.15, -0.1) is 0 Å². The van der Waals surface area contributed by atoms with Crippen LogP contribution in [-0.2, 0) is 6.73 Å². The number of carbonyl (C=O) groups excluding carboxylic acids is 1. The van der Waals surface area contributed by atoms with E-state index in [1.165, 1.54) is 4.68 Å². The smallest absolute Gasteiger partial charge is 0.269 e. The summed E-state index contributed by atoms with van der Waals surface area (Å²) < 4.78 is 7.12. The summed E-state index contributed by atoms with van der Waals surface area (Å²) in [7, 11) is 4.01. The van der Waals surface area contributed by atoms with Crippen LogP contribution in [0, 0.1) is 0 Å². The molecule has 1 amide bonds. The van der Waals surface area contributed by atoms with Crippen molar-refractivity contribution in [1.82, 2.24) is 20.0 Å². The Morgan fingerprint density at radius 2 is 2.13 bits per heavy atom. The van der Waals surface area contributed by atoms with Gasteiger partial charge < -0.3 is 15.0 Å². The standard InChI is InChI=1S/C16H21ClN4O2/c1-20(2)11-5-9-18-16(22)14-8-10-19-21(14)12-23-15-7-4-3-6-13(15)17/h3-4,6-8,10H,5,9,11-12H2,1-2H3,(H,18,22). The van der Waals surface area contributed by atoms with Gasteiger partial charge in [0, 0.05) is 12.7 Å². The second kappa shape index (κ2) is 8.55. The number of amides is 1. The van der Waals surface area contributed by atoms with E-state index in [2.05, 4.69) is 15.3 Å². The van der Waals surface area contributed by atoms with Crippen molar-refractivity contribution in [2.75, 3.05) is 27.2 Å². The molecule has 0 aliphatic heterocycles. The van der Waals surface area contributed by atoms with E-state index in [0.717, 1.165) is 13.0 Å². The molecular formula is C16H21ClN4O2. The van der Waals surface area contributed by atoms with Gasteiger partial charge in [0.15, 0.2) is 6.73 Å². The molecule has 0 saturated heterocycles. The minimum absolute atomic E-state index is 0.122. The van der Waals surface area contributed by atoms with Crippen LogP contribution in [0.5, 0.6) is 5.75 Å². The summed E-state index contributed by atoms with van der Waals surface area (Å²) in [6.07, 6.45) is 2.47. The van der Waals surface area contributed by atoms with E-state index in [4.69, 9.17) is 16.3 Å². The molecule has 2 aromatic rings. The number of halogens is 1. The average Bonchev–Trinajstić information content (AvgIpc) is 2.99. The van der Waals surface area contributed by atoms with Crippen LogP contribution in [0.4, 0.5) is 0 Å². The maximum absolute atomic E-state index is 12.2. The highest BCUT2D eigenvalue weighted by atomic mass is 35.5. The van der Waals surface area contributed by atoms with Crippen LogP contribution in [0.25, 0.3) is 0 Å². The molecule has 0 aliphatic carbocycles. The monoisotopic (exact) mass is 336 g/mol. The molecule has 2 rings (SSSR count). The molecule has 0 radical (unpaired) electrons. The Labute approximate surface area is 141 Å². The van der Waals surface area contributed by atoms with Crippen LogP contribution in [-0.4, -0.2) is 47.8 Å². The zero-order valence-corrected chi connectivity index (χ0v) is 14.1. The van der Waals surface area contributed by atoms with Crippen molar-refractivity contribution in [3.05, 3.63) is 47.2 Å². The van der Waals surface area contributed by atoms with Crippen molar-refractivity contribution in [3.63, 3.8) is 0 Å². The highest BCUT2D eigenvalue weighted by Gasteiger charge is 2.12. The first kappa shape index (κ1) is 17.3. The lowest BCUT2D eigenvalue weighted by atomic mass is 10.3. The molecule has 6 nitrogen and oxygen atoms in total. The SMILES string of the molecule is CN(C)CCCNC(=O)c1ccnn1COc1ccccc1Cl. The summed E-state index contributed by atoms with van der Waals surface area (Å²) >= 11 is 6.04. The first-order chi connectivity index (χ1) is 11.1. The van der Waals surface area contributed by atoms with Crippen LogP contribution in [0.15, 0.2) is 36.5 Å². The predicted octanol–water partition coefficient (Wildman–Crippen LogP) is 2.25. The number of rotatable bonds is 8. The number of hydrogen-bond donors (Lipinski definition) is 1. The molecule has 7 heteroatoms. The fourth-order valence-corrected chi connectivity index (χ4v) is 2.20. The lowest BCUT2D eigenvalue weighted by Gasteiger charge is -2.12. The first-order valence-electron chi connectivity index (χ1n) is 7.40. The Hall–Kier alpha value is -2.05. The van der Waals surface area contributed by atoms with E-state index in [1.54, 1.807) is 24.4 Å². The molecular weight excluding hydrogens is 316 g/mol. The zero-order chi connectivity index (χ0) is 16.7. The number of hydrogen-bond acceptors (Lipinski definition) is 4. The molecule has 0 spiro atoms. The molecule has 0 bridgehead atoms. The topological polar surface area (TPSA) is 59.4 Å². The molecule has 0 unspecified atom stereocenters. The third-order valence-corrected chi connectivity index (χ3v) is 3.51. The van der Waals surface area contributed by atoms with Gasteiger partial charge in [0.2, 0.25) is 0 Å². The van der Waals surface area contributed by atoms with Crippen molar-refractivity contribution in [2.45, 2.75) is 13.2 Å². The van der Waals surface area contributed by atoms with Gasteiger partial charge in [-0.25, -0.2) is 4.68 Å². The zero-order valence-electron chi connectivity index (χ0n) is 13.3. The van der Waals surface area contributed by atoms with Crippen LogP contribution in [0.2, 0.25) is 5.02 Å². The Bertz CT molecular complexity index is 643. The second-order valence-corrected chi connectivity index (χ2v) is 5.74. The summed E-state index contributed by atoms with van der Waals surface area (Å²) in [4.78, 5) is 14.3. The maximum Gasteiger partial charge on any atom is 0.269 e. The number of para-hydroxylation sites is 1. The van der Waals surface area contributed by atoms with E-state index in [-0.39, 0.29) is 12.6 Å². The molecule has 0 atom stereocenters. The fourth-order valence-electron chi connectivity index (χ4n) is 2.01. The molecule has 23 heavy (non-hydrogen) atoms. The summed E-state index contributed by atoms with van der Waals surface area (Å²) in [5.74, 6) is 0.394. The van der Waals surface area contributed by atoms with E-state index in [1.807, 2.05) is 26.2 Å². The van der Waals surface area contributed by atoms with Crippen molar-refractivity contribution in [3.8, 4) is 5.75 Å². The van der Waals surface area contributed by atoms with E-state index < -0.39 is 0 Å². The van der Waals surface area contributed by atoms with Crippen LogP contribution < -0.4 is 10.1 Å². The Balaban J connectivity index is 1.89. The van der Waals surface area contributed by atoms with Gasteiger partial charge in [0.25, 0.3) is 5.91 Å². The molecule has 1 N–H and O–H groups in total. The maximum atomic E-state index is 12.2. The fraction of sp³-hybridized carbons (Fsp3) is 0.375. The number of ether oxygens (including phenoxy) is 1. The predicted molar refractivity (Wildman–Crippen MR) is 89.8 cm³/mol. The van der Waals surface area contributed by atoms with Gasteiger partial charge in [-0.05, 0) is 45.3 Å². The Morgan fingerprint density at radius 3 is 2.87 bits per heavy atom. The number of benzene rings is 1. The van der Waals surface area contributed by atoms with Gasteiger partial charge in [0.1, 0.15) is 11.4 Å². The van der Waals surface area contributed by atoms with Crippen molar-refractivity contribution in [2.24, 2.45) is 0 Å². The molecule has 0 fully saturated rings. The number of aromatic nitrogens is 2. The van der Waals surface area contributed by atoms with Gasteiger partial charge in [-0.3, -0.25) is 4.79 Å². The number of nitrogens with one attached hydrogen (secondary N) is 1. The Morgan fingerprint density at radius 1 is 1.35 bits per heavy atom. The molecule has 0 saturated carbocycles. The molecule has 1 heterocycles. The normalized spacial score (nSPS) is 10.8. The van der Waals surface area contributed by atoms with Gasteiger partial charge in [-0.1, -0.05) is 23.7 Å². The third-order valence-electron chi connectivity index (χ3n) is 3.20. The molecule has 1 aromatic heterocycles. The lowest BCUT2D eigenvalue weighted by molar-refractivity contribution is 0.0931. The summed E-state index contributed by atoms with van der Waals surface area (Å²) in [5, 5.41) is 7.52. The molecule has 124 valence electrons. The average molecular weight is 337 g/mol. The minimum atomic E-state index is -0.163. The van der Waals surface area contributed by atoms with E-state index in [9.17, 15) is 4.79 Å². The lowest BCUT2D eigenvalue weighted by Crippen LogP contribution is -2.29. The van der Waals surface area contributed by atoms with Gasteiger partial charge in [0.05, 0.1) is 5.02 Å². The second-order valence-electron chi connectivity index (χ2n) is 5.33. The summed E-state index contributed by atoms with van der Waals surface area (Å²) in [6.45, 7) is 1.67. The quantitative estimate of drug-likeness (QED) is 0.751. The number of nitrogens with zero attached hydrogens (tertiary/aromatic N) is 3. The summed E-state index contributed by atoms with van der Waals surface area (Å²) in [6, 6.07) is 8.85. The highest BCUT2D eigenvalue weighted by molar-refractivity contribution is 6.32. The van der Waals surface area contributed by atoms with Crippen LogP contribution >= 0.6 is 11.6 Å². The highest BCUT2D eigenvalue weighted by Crippen LogP contribution is 2.23. The largest absolute Gasteiger partial charge is 0.470 e.